The van der Waals surface area contributed by atoms with Crippen LogP contribution in [0.3, 0.4) is 0 Å². The highest BCUT2D eigenvalue weighted by Crippen LogP contribution is 2.19. The maximum absolute atomic E-state index is 12.6. The molecule has 0 bridgehead atoms. The van der Waals surface area contributed by atoms with Crippen LogP contribution in [0.4, 0.5) is 10.5 Å². The maximum atomic E-state index is 12.6. The molecule has 0 aliphatic carbocycles. The Kier molecular flexibility index (Phi) is 6.13. The highest BCUT2D eigenvalue weighted by molar-refractivity contribution is 6.30. The predicted molar refractivity (Wildman–Crippen MR) is 117 cm³/mol. The molecule has 0 saturated carbocycles. The van der Waals surface area contributed by atoms with E-state index >= 15 is 0 Å². The third kappa shape index (κ3) is 4.78. The number of nitrogens with one attached hydrogen (secondary N) is 2. The Bertz CT molecular complexity index is 884. The quantitative estimate of drug-likeness (QED) is 0.678. The summed E-state index contributed by atoms with van der Waals surface area (Å²) >= 11 is 5.92. The molecule has 4 rings (SSSR count). The van der Waals surface area contributed by atoms with E-state index in [9.17, 15) is 4.79 Å². The number of piperazine rings is 1. The average molecular weight is 407 g/mol. The molecule has 2 N–H and O–H groups in total. The topological polar surface area (TPSA) is 36.8 Å². The van der Waals surface area contributed by atoms with E-state index in [4.69, 9.17) is 11.6 Å². The van der Waals surface area contributed by atoms with Gasteiger partial charge >= 0.3 is 6.03 Å². The molecule has 29 heavy (non-hydrogen) atoms. The predicted octanol–water partition coefficient (Wildman–Crippen LogP) is 3.86. The second-order valence-electron chi connectivity index (χ2n) is 7.34. The van der Waals surface area contributed by atoms with Crippen molar-refractivity contribution in [3.05, 3.63) is 101 Å². The summed E-state index contributed by atoms with van der Waals surface area (Å²) in [5, 5.41) is 3.63. The summed E-state index contributed by atoms with van der Waals surface area (Å²) in [7, 11) is 0. The molecule has 1 aliphatic rings. The van der Waals surface area contributed by atoms with Crippen molar-refractivity contribution in [3.63, 3.8) is 0 Å². The van der Waals surface area contributed by atoms with Crippen LogP contribution in [-0.4, -0.2) is 37.1 Å². The van der Waals surface area contributed by atoms with Crippen LogP contribution >= 0.6 is 11.6 Å². The van der Waals surface area contributed by atoms with E-state index in [-0.39, 0.29) is 12.1 Å². The first-order chi connectivity index (χ1) is 14.2. The lowest BCUT2D eigenvalue weighted by molar-refractivity contribution is -0.929. The van der Waals surface area contributed by atoms with Crippen LogP contribution in [0.15, 0.2) is 84.9 Å². The van der Waals surface area contributed by atoms with Crippen molar-refractivity contribution in [2.75, 3.05) is 31.5 Å². The summed E-state index contributed by atoms with van der Waals surface area (Å²) in [6.07, 6.45) is 0. The number of hydrogen-bond acceptors (Lipinski definition) is 1. The normalized spacial score (nSPS) is 14.8. The summed E-state index contributed by atoms with van der Waals surface area (Å²) in [5.41, 5.74) is 3.39. The van der Waals surface area contributed by atoms with Crippen LogP contribution in [0.5, 0.6) is 0 Å². The minimum absolute atomic E-state index is 0.0534. The van der Waals surface area contributed by atoms with Gasteiger partial charge in [0.25, 0.3) is 0 Å². The molecule has 0 unspecified atom stereocenters. The molecule has 3 aromatic carbocycles. The zero-order chi connectivity index (χ0) is 20.1. The van der Waals surface area contributed by atoms with E-state index in [1.54, 1.807) is 12.1 Å². The summed E-state index contributed by atoms with van der Waals surface area (Å²) in [6.45, 7) is 3.26. The first kappa shape index (κ1) is 19.5. The lowest BCUT2D eigenvalue weighted by Gasteiger charge is -2.37. The van der Waals surface area contributed by atoms with Crippen LogP contribution in [-0.2, 0) is 0 Å². The highest BCUT2D eigenvalue weighted by atomic mass is 35.5. The van der Waals surface area contributed by atoms with E-state index < -0.39 is 0 Å². The molecule has 0 aromatic heterocycles. The SMILES string of the molecule is O=C(Nc1ccc(Cl)cc1)N1CC[NH+](C(c2ccccc2)c2ccccc2)CC1. The summed E-state index contributed by atoms with van der Waals surface area (Å²) in [5.74, 6) is 0. The molecule has 148 valence electrons. The van der Waals surface area contributed by atoms with E-state index in [0.717, 1.165) is 31.9 Å². The Morgan fingerprint density at radius 2 is 1.34 bits per heavy atom. The number of halogens is 1. The number of quaternary nitrogens is 1. The third-order valence-electron chi connectivity index (χ3n) is 5.46. The van der Waals surface area contributed by atoms with Gasteiger partial charge < -0.3 is 15.1 Å². The molecule has 2 amide bonds. The Morgan fingerprint density at radius 3 is 1.86 bits per heavy atom. The number of carbonyl (C=O) groups is 1. The monoisotopic (exact) mass is 406 g/mol. The van der Waals surface area contributed by atoms with Gasteiger partial charge in [-0.3, -0.25) is 0 Å². The van der Waals surface area contributed by atoms with E-state index in [1.165, 1.54) is 16.0 Å². The second-order valence-corrected chi connectivity index (χ2v) is 7.77. The van der Waals surface area contributed by atoms with Crippen molar-refractivity contribution in [1.82, 2.24) is 4.90 Å². The highest BCUT2D eigenvalue weighted by Gasteiger charge is 2.31. The molecule has 4 nitrogen and oxygen atoms in total. The zero-order valence-electron chi connectivity index (χ0n) is 16.2. The van der Waals surface area contributed by atoms with Gasteiger partial charge in [0.1, 0.15) is 6.04 Å². The molecule has 1 aliphatic heterocycles. The van der Waals surface area contributed by atoms with Crippen LogP contribution in [0.25, 0.3) is 0 Å². The van der Waals surface area contributed by atoms with Gasteiger partial charge in [-0.25, -0.2) is 4.79 Å². The maximum Gasteiger partial charge on any atom is 0.322 e. The van der Waals surface area contributed by atoms with Crippen molar-refractivity contribution in [2.45, 2.75) is 6.04 Å². The van der Waals surface area contributed by atoms with E-state index in [2.05, 4.69) is 66.0 Å². The lowest BCUT2D eigenvalue weighted by atomic mass is 9.96. The molecule has 3 aromatic rings. The zero-order valence-corrected chi connectivity index (χ0v) is 17.0. The van der Waals surface area contributed by atoms with Crippen molar-refractivity contribution >= 4 is 23.3 Å². The first-order valence-corrected chi connectivity index (χ1v) is 10.3. The first-order valence-electron chi connectivity index (χ1n) is 9.97. The Labute approximate surface area is 176 Å². The van der Waals surface area contributed by atoms with Crippen molar-refractivity contribution in [1.29, 1.82) is 0 Å². The molecule has 0 atom stereocenters. The number of urea groups is 1. The molecule has 1 heterocycles. The number of amides is 2. The second kappa shape index (κ2) is 9.12. The number of rotatable bonds is 4. The van der Waals surface area contributed by atoms with Gasteiger partial charge in [0.15, 0.2) is 0 Å². The van der Waals surface area contributed by atoms with Crippen molar-refractivity contribution in [2.24, 2.45) is 0 Å². The number of hydrogen-bond donors (Lipinski definition) is 2. The Balaban J connectivity index is 1.44. The van der Waals surface area contributed by atoms with Gasteiger partial charge in [-0.1, -0.05) is 72.3 Å². The number of carbonyl (C=O) groups excluding carboxylic acids is 1. The van der Waals surface area contributed by atoms with Crippen molar-refractivity contribution in [3.8, 4) is 0 Å². The Morgan fingerprint density at radius 1 is 0.828 bits per heavy atom. The summed E-state index contributed by atoms with van der Waals surface area (Å²) in [6, 6.07) is 28.7. The van der Waals surface area contributed by atoms with Crippen LogP contribution in [0, 0.1) is 0 Å². The minimum Gasteiger partial charge on any atom is -0.322 e. The van der Waals surface area contributed by atoms with Crippen LogP contribution in [0.1, 0.15) is 17.2 Å². The van der Waals surface area contributed by atoms with Crippen LogP contribution in [0.2, 0.25) is 5.02 Å². The summed E-state index contributed by atoms with van der Waals surface area (Å²) < 4.78 is 0. The lowest BCUT2D eigenvalue weighted by Crippen LogP contribution is -3.15. The molecule has 1 saturated heterocycles. The van der Waals surface area contributed by atoms with Gasteiger partial charge in [0.2, 0.25) is 0 Å². The van der Waals surface area contributed by atoms with Gasteiger partial charge in [-0.15, -0.1) is 0 Å². The van der Waals surface area contributed by atoms with Crippen molar-refractivity contribution < 1.29 is 9.69 Å². The molecule has 5 heteroatoms. The third-order valence-corrected chi connectivity index (χ3v) is 5.71. The van der Waals surface area contributed by atoms with Gasteiger partial charge in [-0.2, -0.15) is 0 Å². The van der Waals surface area contributed by atoms with Gasteiger partial charge in [0.05, 0.1) is 26.2 Å². The standard InChI is InChI=1S/C24H24ClN3O/c25-21-11-13-22(14-12-21)26-24(29)28-17-15-27(16-18-28)23(19-7-3-1-4-8-19)20-9-5-2-6-10-20/h1-14,23H,15-18H2,(H,26,29)/p+1. The fraction of sp³-hybridized carbons (Fsp3) is 0.208. The number of nitrogens with zero attached hydrogens (tertiary/aromatic N) is 1. The van der Waals surface area contributed by atoms with E-state index in [1.807, 2.05) is 17.0 Å². The Hall–Kier alpha value is -2.82. The fourth-order valence-corrected chi connectivity index (χ4v) is 4.10. The molecular formula is C24H25ClN3O+. The minimum atomic E-state index is -0.0534. The number of benzene rings is 3. The van der Waals surface area contributed by atoms with Gasteiger partial charge in [0, 0.05) is 21.8 Å². The molecule has 0 radical (unpaired) electrons. The van der Waals surface area contributed by atoms with Crippen LogP contribution < -0.4 is 10.2 Å². The molecular weight excluding hydrogens is 382 g/mol. The average Bonchev–Trinajstić information content (AvgIpc) is 2.77. The largest absolute Gasteiger partial charge is 0.322 e. The molecule has 0 spiro atoms. The summed E-state index contributed by atoms with van der Waals surface area (Å²) in [4.78, 5) is 16.0. The fourth-order valence-electron chi connectivity index (χ4n) is 3.98. The smallest absolute Gasteiger partial charge is 0.322 e. The van der Waals surface area contributed by atoms with E-state index in [0.29, 0.717) is 5.02 Å². The number of anilines is 1. The molecule has 1 fully saturated rings. The van der Waals surface area contributed by atoms with Gasteiger partial charge in [-0.05, 0) is 24.3 Å².